The van der Waals surface area contributed by atoms with E-state index in [0.717, 1.165) is 24.5 Å². The molecule has 80 valence electrons. The fourth-order valence-corrected chi connectivity index (χ4v) is 2.12. The van der Waals surface area contributed by atoms with Crippen molar-refractivity contribution >= 4 is 29.0 Å². The molecule has 1 aliphatic heterocycles. The Morgan fingerprint density at radius 1 is 1.33 bits per heavy atom. The third kappa shape index (κ3) is 2.03. The summed E-state index contributed by atoms with van der Waals surface area (Å²) >= 11 is 12.0. The van der Waals surface area contributed by atoms with E-state index >= 15 is 0 Å². The third-order valence-corrected chi connectivity index (χ3v) is 2.71. The molecule has 1 heterocycles. The number of benzene rings is 1. The first-order valence-electron chi connectivity index (χ1n) is 4.54. The largest absolute Gasteiger partial charge is 0.494 e. The van der Waals surface area contributed by atoms with Gasteiger partial charge in [-0.3, -0.25) is 4.99 Å². The van der Waals surface area contributed by atoms with Crippen LogP contribution in [0.5, 0.6) is 5.75 Å². The minimum absolute atomic E-state index is 0.497. The van der Waals surface area contributed by atoms with Crippen molar-refractivity contribution in [1.82, 2.24) is 5.32 Å². The molecule has 0 amide bonds. The number of methoxy groups -OCH3 is 1. The first kappa shape index (κ1) is 10.6. The molecule has 5 heteroatoms. The zero-order valence-electron chi connectivity index (χ0n) is 8.18. The summed E-state index contributed by atoms with van der Waals surface area (Å²) in [6.45, 7) is 1.65. The van der Waals surface area contributed by atoms with Crippen molar-refractivity contribution in [2.75, 3.05) is 20.2 Å². The van der Waals surface area contributed by atoms with Gasteiger partial charge in [0.1, 0.15) is 5.84 Å². The van der Waals surface area contributed by atoms with Crippen LogP contribution in [0.3, 0.4) is 0 Å². The first-order valence-corrected chi connectivity index (χ1v) is 5.29. The predicted molar refractivity (Wildman–Crippen MR) is 62.4 cm³/mol. The number of amidine groups is 1. The lowest BCUT2D eigenvalue weighted by Gasteiger charge is -2.08. The average Bonchev–Trinajstić information content (AvgIpc) is 2.69. The van der Waals surface area contributed by atoms with E-state index in [1.807, 2.05) is 0 Å². The molecule has 0 saturated carbocycles. The van der Waals surface area contributed by atoms with Crippen molar-refractivity contribution in [3.63, 3.8) is 0 Å². The summed E-state index contributed by atoms with van der Waals surface area (Å²) in [5, 5.41) is 4.15. The van der Waals surface area contributed by atoms with Crippen LogP contribution in [0.1, 0.15) is 5.56 Å². The Morgan fingerprint density at radius 3 is 2.47 bits per heavy atom. The number of hydrogen-bond donors (Lipinski definition) is 1. The fourth-order valence-electron chi connectivity index (χ4n) is 1.48. The molecule has 1 aromatic carbocycles. The van der Waals surface area contributed by atoms with Crippen LogP contribution in [0, 0.1) is 0 Å². The molecule has 2 rings (SSSR count). The minimum Gasteiger partial charge on any atom is -0.494 e. The predicted octanol–water partition coefficient (Wildman–Crippen LogP) is 2.35. The van der Waals surface area contributed by atoms with Gasteiger partial charge in [0.2, 0.25) is 0 Å². The van der Waals surface area contributed by atoms with E-state index in [-0.39, 0.29) is 0 Å². The van der Waals surface area contributed by atoms with E-state index in [4.69, 9.17) is 27.9 Å². The molecule has 1 aromatic rings. The van der Waals surface area contributed by atoms with Gasteiger partial charge in [-0.2, -0.15) is 0 Å². The molecule has 0 saturated heterocycles. The van der Waals surface area contributed by atoms with Crippen LogP contribution < -0.4 is 10.1 Å². The number of aliphatic imine (C=N–C) groups is 1. The molecular weight excluding hydrogens is 235 g/mol. The Labute approximate surface area is 98.1 Å². The van der Waals surface area contributed by atoms with Crippen molar-refractivity contribution in [2.24, 2.45) is 4.99 Å². The molecule has 0 bridgehead atoms. The molecule has 0 aromatic heterocycles. The Bertz CT molecular complexity index is 395. The van der Waals surface area contributed by atoms with Gasteiger partial charge in [0, 0.05) is 12.1 Å². The number of hydrogen-bond acceptors (Lipinski definition) is 3. The first-order chi connectivity index (χ1) is 7.22. The maximum atomic E-state index is 6.02. The molecule has 0 spiro atoms. The highest BCUT2D eigenvalue weighted by atomic mass is 35.5. The van der Waals surface area contributed by atoms with Gasteiger partial charge in [0.05, 0.1) is 23.7 Å². The maximum absolute atomic E-state index is 6.02. The lowest BCUT2D eigenvalue weighted by molar-refractivity contribution is 0.415. The summed E-state index contributed by atoms with van der Waals surface area (Å²) in [5.74, 6) is 1.34. The quantitative estimate of drug-likeness (QED) is 0.867. The average molecular weight is 245 g/mol. The minimum atomic E-state index is 0.497. The van der Waals surface area contributed by atoms with Crippen molar-refractivity contribution in [3.8, 4) is 5.75 Å². The highest BCUT2D eigenvalue weighted by Gasteiger charge is 2.13. The standard InChI is InChI=1S/C10H10Cl2N2O/c1-15-9-7(11)4-6(5-8(9)12)10-13-2-3-14-10/h4-5H,2-3H2,1H3,(H,13,14). The Balaban J connectivity index is 2.43. The molecule has 15 heavy (non-hydrogen) atoms. The van der Waals surface area contributed by atoms with Crippen LogP contribution in [0.2, 0.25) is 10.0 Å². The van der Waals surface area contributed by atoms with Crippen molar-refractivity contribution in [2.45, 2.75) is 0 Å². The van der Waals surface area contributed by atoms with Crippen molar-refractivity contribution in [1.29, 1.82) is 0 Å². The van der Waals surface area contributed by atoms with Gasteiger partial charge in [-0.05, 0) is 12.1 Å². The number of ether oxygens (including phenoxy) is 1. The zero-order valence-corrected chi connectivity index (χ0v) is 9.69. The van der Waals surface area contributed by atoms with Crippen LogP contribution in [0.15, 0.2) is 17.1 Å². The molecular formula is C10H10Cl2N2O. The van der Waals surface area contributed by atoms with Crippen LogP contribution in [-0.4, -0.2) is 26.0 Å². The number of halogens is 2. The van der Waals surface area contributed by atoms with Gasteiger partial charge in [0.15, 0.2) is 5.75 Å². The van der Waals surface area contributed by atoms with Crippen LogP contribution in [-0.2, 0) is 0 Å². The Hall–Kier alpha value is -0.930. The molecule has 1 aliphatic rings. The van der Waals surface area contributed by atoms with Crippen molar-refractivity contribution < 1.29 is 4.74 Å². The topological polar surface area (TPSA) is 33.6 Å². The fraction of sp³-hybridized carbons (Fsp3) is 0.300. The van der Waals surface area contributed by atoms with Gasteiger partial charge in [-0.15, -0.1) is 0 Å². The molecule has 0 aliphatic carbocycles. The lowest BCUT2D eigenvalue weighted by Crippen LogP contribution is -2.19. The molecule has 1 N–H and O–H groups in total. The summed E-state index contributed by atoms with van der Waals surface area (Å²) in [7, 11) is 1.54. The van der Waals surface area contributed by atoms with Gasteiger partial charge in [0.25, 0.3) is 0 Å². The zero-order chi connectivity index (χ0) is 10.8. The van der Waals surface area contributed by atoms with E-state index < -0.39 is 0 Å². The molecule has 3 nitrogen and oxygen atoms in total. The lowest BCUT2D eigenvalue weighted by atomic mass is 10.2. The number of rotatable bonds is 2. The van der Waals surface area contributed by atoms with Gasteiger partial charge >= 0.3 is 0 Å². The second-order valence-corrected chi connectivity index (χ2v) is 3.94. The molecule has 0 atom stereocenters. The van der Waals surface area contributed by atoms with Crippen LogP contribution in [0.4, 0.5) is 0 Å². The van der Waals surface area contributed by atoms with E-state index in [1.165, 1.54) is 7.11 Å². The molecule has 0 unspecified atom stereocenters. The summed E-state index contributed by atoms with van der Waals surface area (Å²) < 4.78 is 5.07. The van der Waals surface area contributed by atoms with Crippen LogP contribution >= 0.6 is 23.2 Å². The Kier molecular flexibility index (Phi) is 3.03. The molecule has 0 fully saturated rings. The highest BCUT2D eigenvalue weighted by Crippen LogP contribution is 2.33. The van der Waals surface area contributed by atoms with Crippen molar-refractivity contribution in [3.05, 3.63) is 27.7 Å². The van der Waals surface area contributed by atoms with Gasteiger partial charge < -0.3 is 10.1 Å². The van der Waals surface area contributed by atoms with E-state index in [9.17, 15) is 0 Å². The maximum Gasteiger partial charge on any atom is 0.156 e. The molecule has 0 radical (unpaired) electrons. The number of nitrogens with one attached hydrogen (secondary N) is 1. The summed E-state index contributed by atoms with van der Waals surface area (Å²) in [5.41, 5.74) is 0.892. The smallest absolute Gasteiger partial charge is 0.156 e. The summed E-state index contributed by atoms with van der Waals surface area (Å²) in [6.07, 6.45) is 0. The van der Waals surface area contributed by atoms with E-state index in [1.54, 1.807) is 12.1 Å². The van der Waals surface area contributed by atoms with Gasteiger partial charge in [-0.1, -0.05) is 23.2 Å². The van der Waals surface area contributed by atoms with E-state index in [0.29, 0.717) is 15.8 Å². The second-order valence-electron chi connectivity index (χ2n) is 3.13. The second kappa shape index (κ2) is 4.29. The SMILES string of the molecule is COc1c(Cl)cc(C2=NCCN2)cc1Cl. The van der Waals surface area contributed by atoms with Gasteiger partial charge in [-0.25, -0.2) is 0 Å². The van der Waals surface area contributed by atoms with E-state index in [2.05, 4.69) is 10.3 Å². The normalized spacial score (nSPS) is 14.7. The summed E-state index contributed by atoms with van der Waals surface area (Å²) in [6, 6.07) is 3.59. The van der Waals surface area contributed by atoms with Crippen LogP contribution in [0.25, 0.3) is 0 Å². The number of nitrogens with zero attached hydrogens (tertiary/aromatic N) is 1. The highest BCUT2D eigenvalue weighted by molar-refractivity contribution is 6.37. The third-order valence-electron chi connectivity index (χ3n) is 2.15. The summed E-state index contributed by atoms with van der Waals surface area (Å²) in [4.78, 5) is 4.29. The Morgan fingerprint density at radius 2 is 2.00 bits per heavy atom. The monoisotopic (exact) mass is 244 g/mol.